The molecule has 0 amide bonds. The molecule has 78 valence electrons. The lowest BCUT2D eigenvalue weighted by atomic mass is 9.76. The molecule has 14 heavy (non-hydrogen) atoms. The van der Waals surface area contributed by atoms with E-state index >= 15 is 0 Å². The van der Waals surface area contributed by atoms with Gasteiger partial charge in [-0.3, -0.25) is 0 Å². The number of nitrogens with one attached hydrogen (secondary N) is 1. The molecule has 1 aromatic rings. The van der Waals surface area contributed by atoms with Gasteiger partial charge in [0.05, 0.1) is 0 Å². The van der Waals surface area contributed by atoms with Gasteiger partial charge in [0.25, 0.3) is 0 Å². The van der Waals surface area contributed by atoms with E-state index in [4.69, 9.17) is 0 Å². The quantitative estimate of drug-likeness (QED) is 0.824. The van der Waals surface area contributed by atoms with Crippen LogP contribution in [0.1, 0.15) is 33.1 Å². The highest BCUT2D eigenvalue weighted by Crippen LogP contribution is 2.34. The summed E-state index contributed by atoms with van der Waals surface area (Å²) >= 11 is 1.70. The Hall–Kier alpha value is -0.570. The zero-order valence-electron chi connectivity index (χ0n) is 8.86. The Kier molecular flexibility index (Phi) is 3.06. The van der Waals surface area contributed by atoms with Gasteiger partial charge in [-0.25, -0.2) is 4.98 Å². The maximum Gasteiger partial charge on any atom is 0.182 e. The summed E-state index contributed by atoms with van der Waals surface area (Å²) in [5.74, 6) is 1.57. The molecule has 3 heteroatoms. The second-order valence-corrected chi connectivity index (χ2v) is 5.34. The second-order valence-electron chi connectivity index (χ2n) is 4.44. The smallest absolute Gasteiger partial charge is 0.182 e. The molecule has 0 aromatic carbocycles. The van der Waals surface area contributed by atoms with Crippen molar-refractivity contribution < 1.29 is 0 Å². The minimum atomic E-state index is 0.620. The van der Waals surface area contributed by atoms with Crippen molar-refractivity contribution in [3.05, 3.63) is 11.6 Å². The molecule has 0 bridgehead atoms. The maximum atomic E-state index is 4.29. The van der Waals surface area contributed by atoms with Crippen LogP contribution in [-0.2, 0) is 0 Å². The Labute approximate surface area is 89.8 Å². The SMILES string of the molecule is CC(C)C(Nc1nccs1)C1CCC1. The third-order valence-electron chi connectivity index (χ3n) is 3.10. The van der Waals surface area contributed by atoms with Crippen molar-refractivity contribution in [3.63, 3.8) is 0 Å². The van der Waals surface area contributed by atoms with Gasteiger partial charge >= 0.3 is 0 Å². The number of thiazole rings is 1. The Balaban J connectivity index is 1.97. The molecule has 0 saturated heterocycles. The molecule has 0 radical (unpaired) electrons. The van der Waals surface area contributed by atoms with Crippen LogP contribution in [0, 0.1) is 11.8 Å². The fourth-order valence-corrected chi connectivity index (χ4v) is 2.64. The average molecular weight is 210 g/mol. The maximum absolute atomic E-state index is 4.29. The molecular weight excluding hydrogens is 192 g/mol. The third kappa shape index (κ3) is 2.08. The van der Waals surface area contributed by atoms with Crippen molar-refractivity contribution in [3.8, 4) is 0 Å². The molecule has 1 atom stereocenters. The van der Waals surface area contributed by atoms with Gasteiger partial charge in [0.1, 0.15) is 0 Å². The standard InChI is InChI=1S/C11H18N2S/c1-8(2)10(9-4-3-5-9)13-11-12-6-7-14-11/h6-10H,3-5H2,1-2H3,(H,12,13). The van der Waals surface area contributed by atoms with Crippen molar-refractivity contribution in [1.82, 2.24) is 4.98 Å². The lowest BCUT2D eigenvalue weighted by molar-refractivity contribution is 0.237. The van der Waals surface area contributed by atoms with E-state index < -0.39 is 0 Å². The van der Waals surface area contributed by atoms with Gasteiger partial charge in [-0.1, -0.05) is 20.3 Å². The van der Waals surface area contributed by atoms with Gasteiger partial charge in [0, 0.05) is 17.6 Å². The van der Waals surface area contributed by atoms with E-state index in [1.54, 1.807) is 11.3 Å². The highest BCUT2D eigenvalue weighted by atomic mass is 32.1. The Bertz CT molecular complexity index is 265. The molecule has 2 nitrogen and oxygen atoms in total. The summed E-state index contributed by atoms with van der Waals surface area (Å²) in [6, 6.07) is 0.620. The molecular formula is C11H18N2S. The number of aromatic nitrogens is 1. The van der Waals surface area contributed by atoms with Gasteiger partial charge in [0.15, 0.2) is 5.13 Å². The van der Waals surface area contributed by atoms with Crippen LogP contribution in [0.15, 0.2) is 11.6 Å². The largest absolute Gasteiger partial charge is 0.358 e. The number of nitrogens with zero attached hydrogens (tertiary/aromatic N) is 1. The first-order chi connectivity index (χ1) is 6.77. The average Bonchev–Trinajstić information content (AvgIpc) is 2.52. The van der Waals surface area contributed by atoms with Gasteiger partial charge in [-0.2, -0.15) is 0 Å². The van der Waals surface area contributed by atoms with Crippen molar-refractivity contribution >= 4 is 16.5 Å². The molecule has 1 aliphatic rings. The lowest BCUT2D eigenvalue weighted by Crippen LogP contribution is -2.37. The van der Waals surface area contributed by atoms with E-state index in [1.165, 1.54) is 19.3 Å². The predicted octanol–water partition coefficient (Wildman–Crippen LogP) is 3.38. The van der Waals surface area contributed by atoms with E-state index in [-0.39, 0.29) is 0 Å². The summed E-state index contributed by atoms with van der Waals surface area (Å²) in [4.78, 5) is 4.29. The fraction of sp³-hybridized carbons (Fsp3) is 0.727. The van der Waals surface area contributed by atoms with Crippen LogP contribution in [0.3, 0.4) is 0 Å². The molecule has 1 aromatic heterocycles. The molecule has 0 aliphatic heterocycles. The molecule has 1 heterocycles. The van der Waals surface area contributed by atoms with Crippen LogP contribution in [0.5, 0.6) is 0 Å². The lowest BCUT2D eigenvalue weighted by Gasteiger charge is -2.36. The van der Waals surface area contributed by atoms with Crippen LogP contribution in [-0.4, -0.2) is 11.0 Å². The van der Waals surface area contributed by atoms with E-state index in [2.05, 4.69) is 24.1 Å². The van der Waals surface area contributed by atoms with Crippen molar-refractivity contribution in [1.29, 1.82) is 0 Å². The monoisotopic (exact) mass is 210 g/mol. The van der Waals surface area contributed by atoms with Crippen molar-refractivity contribution in [2.45, 2.75) is 39.2 Å². The van der Waals surface area contributed by atoms with E-state index in [1.807, 2.05) is 11.6 Å². The molecule has 1 fully saturated rings. The Morgan fingerprint density at radius 2 is 2.29 bits per heavy atom. The number of hydrogen-bond donors (Lipinski definition) is 1. The Morgan fingerprint density at radius 1 is 1.50 bits per heavy atom. The number of anilines is 1. The van der Waals surface area contributed by atoms with Crippen molar-refractivity contribution in [2.24, 2.45) is 11.8 Å². The topological polar surface area (TPSA) is 24.9 Å². The summed E-state index contributed by atoms with van der Waals surface area (Å²) in [5, 5.41) is 6.68. The van der Waals surface area contributed by atoms with Crippen LogP contribution in [0.4, 0.5) is 5.13 Å². The number of hydrogen-bond acceptors (Lipinski definition) is 3. The molecule has 1 unspecified atom stereocenters. The summed E-state index contributed by atoms with van der Waals surface area (Å²) in [5.41, 5.74) is 0. The third-order valence-corrected chi connectivity index (χ3v) is 3.80. The molecule has 1 aliphatic carbocycles. The first kappa shape index (κ1) is 9.97. The summed E-state index contributed by atoms with van der Waals surface area (Å²) in [7, 11) is 0. The molecule has 0 spiro atoms. The van der Waals surface area contributed by atoms with Crippen LogP contribution >= 0.6 is 11.3 Å². The zero-order valence-corrected chi connectivity index (χ0v) is 9.68. The van der Waals surface area contributed by atoms with Crippen LogP contribution in [0.2, 0.25) is 0 Å². The Morgan fingerprint density at radius 3 is 2.71 bits per heavy atom. The van der Waals surface area contributed by atoms with Crippen molar-refractivity contribution in [2.75, 3.05) is 5.32 Å². The normalized spacial score (nSPS) is 19.4. The minimum Gasteiger partial charge on any atom is -0.358 e. The fourth-order valence-electron chi connectivity index (χ4n) is 2.07. The predicted molar refractivity (Wildman–Crippen MR) is 61.7 cm³/mol. The molecule has 2 rings (SSSR count). The summed E-state index contributed by atoms with van der Waals surface area (Å²) < 4.78 is 0. The number of rotatable bonds is 4. The highest BCUT2D eigenvalue weighted by molar-refractivity contribution is 7.13. The summed E-state index contributed by atoms with van der Waals surface area (Å²) in [6.07, 6.45) is 6.06. The van der Waals surface area contributed by atoms with Gasteiger partial charge in [-0.15, -0.1) is 11.3 Å². The van der Waals surface area contributed by atoms with E-state index in [0.29, 0.717) is 12.0 Å². The zero-order chi connectivity index (χ0) is 9.97. The summed E-state index contributed by atoms with van der Waals surface area (Å²) in [6.45, 7) is 4.59. The second kappa shape index (κ2) is 4.30. The minimum absolute atomic E-state index is 0.620. The van der Waals surface area contributed by atoms with Crippen LogP contribution in [0.25, 0.3) is 0 Å². The van der Waals surface area contributed by atoms with E-state index in [0.717, 1.165) is 11.0 Å². The molecule has 1 saturated carbocycles. The van der Waals surface area contributed by atoms with Gasteiger partial charge in [-0.05, 0) is 24.7 Å². The van der Waals surface area contributed by atoms with Gasteiger partial charge < -0.3 is 5.32 Å². The van der Waals surface area contributed by atoms with E-state index in [9.17, 15) is 0 Å². The first-order valence-corrected chi connectivity index (χ1v) is 6.31. The molecule has 1 N–H and O–H groups in total. The van der Waals surface area contributed by atoms with Gasteiger partial charge in [0.2, 0.25) is 0 Å². The first-order valence-electron chi connectivity index (χ1n) is 5.43. The highest BCUT2D eigenvalue weighted by Gasteiger charge is 2.29. The van der Waals surface area contributed by atoms with Crippen LogP contribution < -0.4 is 5.32 Å².